The van der Waals surface area contributed by atoms with Crippen molar-refractivity contribution in [3.8, 4) is 0 Å². The number of halogens is 2. The smallest absolute Gasteiger partial charge is 0.231 e. The van der Waals surface area contributed by atoms with Gasteiger partial charge in [-0.25, -0.2) is 0 Å². The highest BCUT2D eigenvalue weighted by molar-refractivity contribution is 9.10. The number of carbonyl (C=O) groups excluding carboxylic acids is 1. The van der Waals surface area contributed by atoms with Gasteiger partial charge in [-0.1, -0.05) is 51.8 Å². The summed E-state index contributed by atoms with van der Waals surface area (Å²) >= 11 is 9.87. The molecule has 1 aliphatic rings. The Morgan fingerprint density at radius 3 is 2.48 bits per heavy atom. The van der Waals surface area contributed by atoms with E-state index in [0.717, 1.165) is 21.2 Å². The molecule has 3 rings (SSSR count). The first-order valence-corrected chi connectivity index (χ1v) is 8.78. The molecule has 2 aromatic carbocycles. The fraction of sp³-hybridized carbons (Fsp3) is 0.316. The van der Waals surface area contributed by atoms with Crippen LogP contribution >= 0.6 is 27.5 Å². The van der Waals surface area contributed by atoms with Crippen LogP contribution in [0.25, 0.3) is 0 Å². The maximum absolute atomic E-state index is 13.0. The third-order valence-electron chi connectivity index (χ3n) is 4.68. The molecule has 0 radical (unpaired) electrons. The third-order valence-corrected chi connectivity index (χ3v) is 5.54. The van der Waals surface area contributed by atoms with Crippen molar-refractivity contribution in [1.82, 2.24) is 5.32 Å². The Balaban J connectivity index is 2.16. The van der Waals surface area contributed by atoms with E-state index in [9.17, 15) is 4.79 Å². The molecule has 1 unspecified atom stereocenters. The highest BCUT2D eigenvalue weighted by Gasteiger charge is 2.46. The summed E-state index contributed by atoms with van der Waals surface area (Å²) in [4.78, 5) is 13.0. The molecule has 2 aromatic rings. The van der Waals surface area contributed by atoms with Crippen LogP contribution in [0.3, 0.4) is 0 Å². The van der Waals surface area contributed by atoms with Crippen molar-refractivity contribution >= 4 is 33.4 Å². The Labute approximate surface area is 150 Å². The molecule has 23 heavy (non-hydrogen) atoms. The summed E-state index contributed by atoms with van der Waals surface area (Å²) in [5.74, 6) is 0.0352. The Kier molecular flexibility index (Phi) is 4.06. The number of hydrogen-bond donors (Lipinski definition) is 1. The lowest BCUT2D eigenvalue weighted by Crippen LogP contribution is -2.56. The molecule has 1 aliphatic heterocycles. The van der Waals surface area contributed by atoms with E-state index in [0.29, 0.717) is 11.4 Å². The van der Waals surface area contributed by atoms with Crippen molar-refractivity contribution in [3.63, 3.8) is 0 Å². The van der Waals surface area contributed by atoms with Crippen LogP contribution in [0.15, 0.2) is 46.9 Å². The summed E-state index contributed by atoms with van der Waals surface area (Å²) in [5.41, 5.74) is 2.15. The summed E-state index contributed by atoms with van der Waals surface area (Å²) in [6, 6.07) is 13.9. The van der Waals surface area contributed by atoms with Gasteiger partial charge in [-0.3, -0.25) is 4.79 Å². The van der Waals surface area contributed by atoms with Crippen LogP contribution in [-0.2, 0) is 22.2 Å². The van der Waals surface area contributed by atoms with Gasteiger partial charge in [-0.2, -0.15) is 0 Å². The molecule has 1 atom stereocenters. The van der Waals surface area contributed by atoms with Gasteiger partial charge in [0, 0.05) is 9.50 Å². The average molecular weight is 393 g/mol. The van der Waals surface area contributed by atoms with Crippen LogP contribution in [0.1, 0.15) is 37.5 Å². The summed E-state index contributed by atoms with van der Waals surface area (Å²) in [7, 11) is 0. The van der Waals surface area contributed by atoms with Crippen LogP contribution in [-0.4, -0.2) is 5.91 Å². The quantitative estimate of drug-likeness (QED) is 0.768. The van der Waals surface area contributed by atoms with Crippen LogP contribution in [0, 0.1) is 0 Å². The van der Waals surface area contributed by atoms with Gasteiger partial charge in [0.1, 0.15) is 0 Å². The van der Waals surface area contributed by atoms with Crippen molar-refractivity contribution in [2.75, 3.05) is 0 Å². The van der Waals surface area contributed by atoms with Gasteiger partial charge >= 0.3 is 0 Å². The number of rotatable bonds is 2. The Morgan fingerprint density at radius 1 is 1.09 bits per heavy atom. The third kappa shape index (κ3) is 2.81. The summed E-state index contributed by atoms with van der Waals surface area (Å²) in [6.07, 6.45) is 0.568. The lowest BCUT2D eigenvalue weighted by atomic mass is 9.68. The minimum atomic E-state index is -0.653. The highest BCUT2D eigenvalue weighted by Crippen LogP contribution is 2.42. The van der Waals surface area contributed by atoms with Crippen molar-refractivity contribution in [3.05, 3.63) is 68.7 Å². The number of hydrogen-bond acceptors (Lipinski definition) is 1. The largest absolute Gasteiger partial charge is 0.346 e. The normalized spacial score (nSPS) is 22.4. The number of benzene rings is 2. The second-order valence-corrected chi connectivity index (χ2v) is 8.19. The average Bonchev–Trinajstić information content (AvgIpc) is 2.47. The van der Waals surface area contributed by atoms with Crippen molar-refractivity contribution in [1.29, 1.82) is 0 Å². The number of fused-ring (bicyclic) bond motifs is 1. The molecule has 0 aliphatic carbocycles. The standard InChI is InChI=1S/C19H19BrClNO/c1-18(2)14-9-8-13(20)10-15(14)19(3,17(23)22-18)11-12-6-4-5-7-16(12)21/h4-10H,11H2,1-3H3,(H,22,23). The van der Waals surface area contributed by atoms with Gasteiger partial charge in [0.05, 0.1) is 11.0 Å². The molecule has 1 amide bonds. The SMILES string of the molecule is CC1(C)NC(=O)C(C)(Cc2ccccc2Cl)c2cc(Br)ccc21. The summed E-state index contributed by atoms with van der Waals surface area (Å²) in [5, 5.41) is 3.86. The van der Waals surface area contributed by atoms with E-state index < -0.39 is 5.41 Å². The van der Waals surface area contributed by atoms with E-state index in [-0.39, 0.29) is 11.4 Å². The first-order valence-electron chi connectivity index (χ1n) is 7.60. The van der Waals surface area contributed by atoms with Crippen LogP contribution in [0.2, 0.25) is 5.02 Å². The van der Waals surface area contributed by atoms with Crippen LogP contribution < -0.4 is 5.32 Å². The van der Waals surface area contributed by atoms with E-state index in [1.807, 2.05) is 51.1 Å². The second kappa shape index (κ2) is 5.64. The van der Waals surface area contributed by atoms with E-state index in [2.05, 4.69) is 33.4 Å². The van der Waals surface area contributed by atoms with Crippen molar-refractivity contribution in [2.24, 2.45) is 0 Å². The zero-order valence-electron chi connectivity index (χ0n) is 13.4. The highest BCUT2D eigenvalue weighted by atomic mass is 79.9. The zero-order chi connectivity index (χ0) is 16.8. The summed E-state index contributed by atoms with van der Waals surface area (Å²) < 4.78 is 0.979. The maximum Gasteiger partial charge on any atom is 0.231 e. The first kappa shape index (κ1) is 16.5. The predicted octanol–water partition coefficient (Wildman–Crippen LogP) is 4.97. The molecular formula is C19H19BrClNO. The fourth-order valence-electron chi connectivity index (χ4n) is 3.33. The minimum Gasteiger partial charge on any atom is -0.346 e. The number of amides is 1. The molecule has 0 spiro atoms. The monoisotopic (exact) mass is 391 g/mol. The van der Waals surface area contributed by atoms with E-state index >= 15 is 0 Å². The minimum absolute atomic E-state index is 0.0352. The molecule has 0 saturated heterocycles. The molecular weight excluding hydrogens is 374 g/mol. The number of carbonyl (C=O) groups is 1. The predicted molar refractivity (Wildman–Crippen MR) is 97.8 cm³/mol. The molecule has 1 N–H and O–H groups in total. The lowest BCUT2D eigenvalue weighted by molar-refractivity contribution is -0.129. The molecule has 0 fully saturated rings. The topological polar surface area (TPSA) is 29.1 Å². The van der Waals surface area contributed by atoms with E-state index in [1.54, 1.807) is 0 Å². The molecule has 0 saturated carbocycles. The van der Waals surface area contributed by atoms with E-state index in [1.165, 1.54) is 0 Å². The number of nitrogens with one attached hydrogen (secondary N) is 1. The van der Waals surface area contributed by atoms with Gasteiger partial charge in [0.15, 0.2) is 0 Å². The van der Waals surface area contributed by atoms with Crippen molar-refractivity contribution in [2.45, 2.75) is 38.1 Å². The first-order chi connectivity index (χ1) is 10.7. The van der Waals surface area contributed by atoms with Crippen LogP contribution in [0.4, 0.5) is 0 Å². The van der Waals surface area contributed by atoms with Gasteiger partial charge in [0.2, 0.25) is 5.91 Å². The van der Waals surface area contributed by atoms with Gasteiger partial charge in [-0.05, 0) is 62.1 Å². The fourth-order valence-corrected chi connectivity index (χ4v) is 3.89. The van der Waals surface area contributed by atoms with Gasteiger partial charge in [-0.15, -0.1) is 0 Å². The molecule has 0 aromatic heterocycles. The molecule has 0 bridgehead atoms. The Hall–Kier alpha value is -1.32. The molecule has 2 nitrogen and oxygen atoms in total. The molecule has 4 heteroatoms. The molecule has 120 valence electrons. The van der Waals surface area contributed by atoms with E-state index in [4.69, 9.17) is 11.6 Å². The lowest BCUT2D eigenvalue weighted by Gasteiger charge is -2.43. The van der Waals surface area contributed by atoms with Gasteiger partial charge < -0.3 is 5.32 Å². The van der Waals surface area contributed by atoms with Crippen LogP contribution in [0.5, 0.6) is 0 Å². The maximum atomic E-state index is 13.0. The molecule has 1 heterocycles. The zero-order valence-corrected chi connectivity index (χ0v) is 15.8. The van der Waals surface area contributed by atoms with Gasteiger partial charge in [0.25, 0.3) is 0 Å². The second-order valence-electron chi connectivity index (χ2n) is 6.87. The Bertz CT molecular complexity index is 787. The Morgan fingerprint density at radius 2 is 1.78 bits per heavy atom. The summed E-state index contributed by atoms with van der Waals surface area (Å²) in [6.45, 7) is 6.06. The van der Waals surface area contributed by atoms with Crippen molar-refractivity contribution < 1.29 is 4.79 Å².